The van der Waals surface area contributed by atoms with E-state index in [9.17, 15) is 19.1 Å². The third-order valence-corrected chi connectivity index (χ3v) is 8.59. The number of hydrogen-bond acceptors (Lipinski definition) is 3. The Kier molecular flexibility index (Phi) is 9.25. The van der Waals surface area contributed by atoms with Crippen molar-refractivity contribution in [2.75, 3.05) is 13.7 Å². The molecule has 1 N–H and O–H groups in total. The van der Waals surface area contributed by atoms with E-state index in [0.717, 1.165) is 52.7 Å². The lowest BCUT2D eigenvalue weighted by molar-refractivity contribution is -0.141. The van der Waals surface area contributed by atoms with E-state index in [1.165, 1.54) is 17.7 Å². The van der Waals surface area contributed by atoms with Gasteiger partial charge in [0.15, 0.2) is 0 Å². The van der Waals surface area contributed by atoms with Crippen LogP contribution in [-0.2, 0) is 35.3 Å². The highest BCUT2D eigenvalue weighted by Crippen LogP contribution is 2.37. The molecule has 3 aromatic carbocycles. The molecular formula is C35H39FN2O4. The standard InChI is InChI=1S/C35H39FN2O4/c1-3-30(35(40)41)38-31-18-16-26(36)22-28(31)29-23-27(17-19-32(29)38)37(21-9-12-24-10-5-4-6-11-24)34(39)20-15-25-13-7-8-14-33(25)42-2/h4-8,10-11,13-14,16,18,22,27,30H,3,9,12,15,17,19-21,23H2,1-2H3,(H,40,41). The summed E-state index contributed by atoms with van der Waals surface area (Å²) in [6, 6.07) is 21.9. The number of carboxylic acids is 1. The van der Waals surface area contributed by atoms with Crippen molar-refractivity contribution in [2.24, 2.45) is 0 Å². The highest BCUT2D eigenvalue weighted by molar-refractivity contribution is 5.88. The number of ether oxygens (including phenoxy) is 1. The lowest BCUT2D eigenvalue weighted by Crippen LogP contribution is -2.44. The molecule has 2 atom stereocenters. The number of para-hydroxylation sites is 1. The van der Waals surface area contributed by atoms with Gasteiger partial charge in [0.25, 0.3) is 0 Å². The largest absolute Gasteiger partial charge is 0.496 e. The number of aliphatic carboxylic acids is 1. The first-order valence-electron chi connectivity index (χ1n) is 14.9. The van der Waals surface area contributed by atoms with Crippen molar-refractivity contribution >= 4 is 22.8 Å². The van der Waals surface area contributed by atoms with Crippen LogP contribution in [0, 0.1) is 5.82 Å². The molecule has 2 unspecified atom stereocenters. The van der Waals surface area contributed by atoms with Crippen molar-refractivity contribution in [3.63, 3.8) is 0 Å². The molecule has 1 aliphatic rings. The molecule has 0 radical (unpaired) electrons. The average molecular weight is 571 g/mol. The van der Waals surface area contributed by atoms with Crippen LogP contribution in [-0.4, -0.2) is 46.1 Å². The van der Waals surface area contributed by atoms with E-state index in [1.807, 2.05) is 58.9 Å². The van der Waals surface area contributed by atoms with Crippen molar-refractivity contribution < 1.29 is 23.8 Å². The molecule has 0 fully saturated rings. The van der Waals surface area contributed by atoms with Gasteiger partial charge in [0.1, 0.15) is 17.6 Å². The molecule has 1 amide bonds. The molecule has 0 saturated carbocycles. The maximum absolute atomic E-state index is 14.5. The van der Waals surface area contributed by atoms with Crippen LogP contribution in [0.4, 0.5) is 4.39 Å². The monoisotopic (exact) mass is 570 g/mol. The minimum Gasteiger partial charge on any atom is -0.496 e. The second-order valence-electron chi connectivity index (χ2n) is 11.1. The van der Waals surface area contributed by atoms with Gasteiger partial charge < -0.3 is 19.3 Å². The molecule has 4 aromatic rings. The number of carboxylic acid groups (broad SMARTS) is 1. The maximum Gasteiger partial charge on any atom is 0.326 e. The minimum absolute atomic E-state index is 0.0503. The Hall–Kier alpha value is -4.13. The lowest BCUT2D eigenvalue weighted by Gasteiger charge is -2.35. The van der Waals surface area contributed by atoms with Crippen LogP contribution in [0.25, 0.3) is 10.9 Å². The van der Waals surface area contributed by atoms with Gasteiger partial charge in [-0.25, -0.2) is 9.18 Å². The number of aromatic nitrogens is 1. The zero-order valence-corrected chi connectivity index (χ0v) is 24.4. The molecule has 0 saturated heterocycles. The number of hydrogen-bond donors (Lipinski definition) is 1. The fourth-order valence-electron chi connectivity index (χ4n) is 6.54. The van der Waals surface area contributed by atoms with E-state index >= 15 is 0 Å². The Balaban J connectivity index is 1.43. The first-order valence-corrected chi connectivity index (χ1v) is 14.9. The molecule has 42 heavy (non-hydrogen) atoms. The van der Waals surface area contributed by atoms with E-state index in [2.05, 4.69) is 12.1 Å². The number of nitrogens with zero attached hydrogens (tertiary/aromatic N) is 2. The summed E-state index contributed by atoms with van der Waals surface area (Å²) in [5.74, 6) is -0.366. The van der Waals surface area contributed by atoms with Gasteiger partial charge >= 0.3 is 5.97 Å². The van der Waals surface area contributed by atoms with E-state index in [1.54, 1.807) is 13.2 Å². The van der Waals surface area contributed by atoms with Gasteiger partial charge in [-0.15, -0.1) is 0 Å². The van der Waals surface area contributed by atoms with Gasteiger partial charge in [-0.05, 0) is 85.9 Å². The molecular weight excluding hydrogens is 531 g/mol. The molecule has 7 heteroatoms. The van der Waals surface area contributed by atoms with E-state index in [0.29, 0.717) is 38.6 Å². The number of fused-ring (bicyclic) bond motifs is 3. The summed E-state index contributed by atoms with van der Waals surface area (Å²) < 4.78 is 21.9. The SMILES string of the molecule is CCC(C(=O)O)n1c2c(c3cc(F)ccc31)CC(N(CCCc1ccccc1)C(=O)CCc1ccccc1OC)CC2. The number of methoxy groups -OCH3 is 1. The Labute approximate surface area is 246 Å². The van der Waals surface area contributed by atoms with Gasteiger partial charge in [0.05, 0.1) is 7.11 Å². The van der Waals surface area contributed by atoms with Crippen LogP contribution in [0.1, 0.15) is 61.0 Å². The van der Waals surface area contributed by atoms with E-state index in [4.69, 9.17) is 4.74 Å². The summed E-state index contributed by atoms with van der Waals surface area (Å²) in [4.78, 5) is 28.1. The second kappa shape index (κ2) is 13.2. The van der Waals surface area contributed by atoms with Crippen LogP contribution in [0.15, 0.2) is 72.8 Å². The fraction of sp³-hybridized carbons (Fsp3) is 0.371. The van der Waals surface area contributed by atoms with Crippen molar-refractivity contribution in [3.05, 3.63) is 101 Å². The van der Waals surface area contributed by atoms with Gasteiger partial charge in [-0.2, -0.15) is 0 Å². The first kappa shape index (κ1) is 29.4. The molecule has 1 aliphatic carbocycles. The second-order valence-corrected chi connectivity index (χ2v) is 11.1. The molecule has 1 aromatic heterocycles. The topological polar surface area (TPSA) is 71.8 Å². The average Bonchev–Trinajstić information content (AvgIpc) is 3.31. The number of carbonyl (C=O) groups excluding carboxylic acids is 1. The number of halogens is 1. The molecule has 1 heterocycles. The van der Waals surface area contributed by atoms with Crippen molar-refractivity contribution in [3.8, 4) is 5.75 Å². The summed E-state index contributed by atoms with van der Waals surface area (Å²) in [5, 5.41) is 10.7. The van der Waals surface area contributed by atoms with Crippen molar-refractivity contribution in [1.82, 2.24) is 9.47 Å². The van der Waals surface area contributed by atoms with Crippen LogP contribution < -0.4 is 4.74 Å². The van der Waals surface area contributed by atoms with Crippen LogP contribution >= 0.6 is 0 Å². The van der Waals surface area contributed by atoms with E-state index < -0.39 is 12.0 Å². The molecule has 0 aliphatic heterocycles. The van der Waals surface area contributed by atoms with Gasteiger partial charge in [0, 0.05) is 35.6 Å². The Morgan fingerprint density at radius 1 is 1.07 bits per heavy atom. The molecule has 6 nitrogen and oxygen atoms in total. The fourth-order valence-corrected chi connectivity index (χ4v) is 6.54. The third kappa shape index (κ3) is 6.20. The van der Waals surface area contributed by atoms with Crippen LogP contribution in [0.2, 0.25) is 0 Å². The molecule has 220 valence electrons. The predicted octanol–water partition coefficient (Wildman–Crippen LogP) is 6.78. The zero-order valence-electron chi connectivity index (χ0n) is 24.4. The number of benzene rings is 3. The summed E-state index contributed by atoms with van der Waals surface area (Å²) in [7, 11) is 1.64. The summed E-state index contributed by atoms with van der Waals surface area (Å²) in [6.07, 6.45) is 5.02. The predicted molar refractivity (Wildman–Crippen MR) is 162 cm³/mol. The summed E-state index contributed by atoms with van der Waals surface area (Å²) in [5.41, 5.74) is 4.90. The highest BCUT2D eigenvalue weighted by atomic mass is 19.1. The smallest absolute Gasteiger partial charge is 0.326 e. The van der Waals surface area contributed by atoms with Gasteiger partial charge in [0.2, 0.25) is 5.91 Å². The number of carbonyl (C=O) groups is 2. The highest BCUT2D eigenvalue weighted by Gasteiger charge is 2.33. The Bertz CT molecular complexity index is 1550. The zero-order chi connectivity index (χ0) is 29.6. The molecule has 5 rings (SSSR count). The lowest BCUT2D eigenvalue weighted by atomic mass is 9.89. The van der Waals surface area contributed by atoms with Crippen LogP contribution in [0.3, 0.4) is 0 Å². The Morgan fingerprint density at radius 2 is 1.83 bits per heavy atom. The molecule has 0 spiro atoms. The van der Waals surface area contributed by atoms with E-state index in [-0.39, 0.29) is 17.8 Å². The van der Waals surface area contributed by atoms with Gasteiger partial charge in [-0.3, -0.25) is 4.79 Å². The van der Waals surface area contributed by atoms with Crippen molar-refractivity contribution in [1.29, 1.82) is 0 Å². The van der Waals surface area contributed by atoms with Crippen LogP contribution in [0.5, 0.6) is 5.75 Å². The number of amides is 1. The normalized spacial score (nSPS) is 15.3. The third-order valence-electron chi connectivity index (χ3n) is 8.59. The van der Waals surface area contributed by atoms with Gasteiger partial charge in [-0.1, -0.05) is 55.5 Å². The first-order chi connectivity index (χ1) is 20.4. The summed E-state index contributed by atoms with van der Waals surface area (Å²) in [6.45, 7) is 2.49. The quantitative estimate of drug-likeness (QED) is 0.204. The summed E-state index contributed by atoms with van der Waals surface area (Å²) >= 11 is 0. The van der Waals surface area contributed by atoms with Crippen molar-refractivity contribution in [2.45, 2.75) is 70.4 Å². The minimum atomic E-state index is -0.891. The number of aryl methyl sites for hydroxylation is 2. The number of rotatable bonds is 12. The maximum atomic E-state index is 14.5. The Morgan fingerprint density at radius 3 is 2.57 bits per heavy atom. The molecule has 0 bridgehead atoms.